The fourth-order valence-electron chi connectivity index (χ4n) is 5.16. The number of fused-ring (bicyclic) bond motifs is 2. The van der Waals surface area contributed by atoms with Crippen LogP contribution in [-0.2, 0) is 0 Å². The van der Waals surface area contributed by atoms with Crippen molar-refractivity contribution >= 4 is 16.7 Å². The Morgan fingerprint density at radius 2 is 1.94 bits per heavy atom. The fourth-order valence-corrected chi connectivity index (χ4v) is 5.16. The summed E-state index contributed by atoms with van der Waals surface area (Å²) in [7, 11) is 0. The maximum Gasteiger partial charge on any atom is 0.262 e. The smallest absolute Gasteiger partial charge is 0.262 e. The Morgan fingerprint density at radius 1 is 1.13 bits per heavy atom. The highest BCUT2D eigenvalue weighted by Gasteiger charge is 2.38. The second kappa shape index (κ2) is 6.73. The van der Waals surface area contributed by atoms with Gasteiger partial charge in [0.2, 0.25) is 0 Å². The van der Waals surface area contributed by atoms with Gasteiger partial charge in [-0.3, -0.25) is 4.79 Å². The van der Waals surface area contributed by atoms with E-state index in [1.165, 1.54) is 0 Å². The largest absolute Gasteiger partial charge is 0.310 e. The van der Waals surface area contributed by atoms with Crippen molar-refractivity contribution in [3.05, 3.63) is 58.7 Å². The number of imidazole rings is 1. The van der Waals surface area contributed by atoms with E-state index < -0.39 is 5.67 Å². The highest BCUT2D eigenvalue weighted by molar-refractivity contribution is 5.73. The van der Waals surface area contributed by atoms with Crippen LogP contribution in [0.15, 0.2) is 41.6 Å². The van der Waals surface area contributed by atoms with Crippen LogP contribution < -0.4 is 5.56 Å². The first-order valence-electron chi connectivity index (χ1n) is 11.1. The highest BCUT2D eigenvalue weighted by atomic mass is 19.1. The van der Waals surface area contributed by atoms with Gasteiger partial charge in [-0.15, -0.1) is 0 Å². The number of hydrogen-bond acceptors (Lipinski definition) is 4. The monoisotopic (exact) mass is 420 g/mol. The molecule has 4 aromatic rings. The molecule has 0 radical (unpaired) electrons. The summed E-state index contributed by atoms with van der Waals surface area (Å²) in [5.41, 5.74) is 1.32. The minimum atomic E-state index is -1.11. The highest BCUT2D eigenvalue weighted by Crippen LogP contribution is 2.47. The van der Waals surface area contributed by atoms with Gasteiger partial charge in [0.15, 0.2) is 5.65 Å². The van der Waals surface area contributed by atoms with E-state index in [2.05, 4.69) is 16.3 Å². The molecule has 1 N–H and O–H groups in total. The summed E-state index contributed by atoms with van der Waals surface area (Å²) >= 11 is 0. The first kappa shape index (κ1) is 18.7. The van der Waals surface area contributed by atoms with Crippen molar-refractivity contribution in [2.75, 3.05) is 0 Å². The number of hydrogen-bond donors (Lipinski definition) is 1. The van der Waals surface area contributed by atoms with E-state index in [0.29, 0.717) is 42.5 Å². The van der Waals surface area contributed by atoms with Gasteiger partial charge in [0.1, 0.15) is 22.5 Å². The predicted molar refractivity (Wildman–Crippen MR) is 115 cm³/mol. The quantitative estimate of drug-likeness (QED) is 0.537. The number of pyridine rings is 1. The number of aromatic nitrogens is 6. The van der Waals surface area contributed by atoms with E-state index >= 15 is 0 Å². The molecule has 0 aromatic carbocycles. The van der Waals surface area contributed by atoms with E-state index in [-0.39, 0.29) is 23.4 Å². The molecule has 31 heavy (non-hydrogen) atoms. The maximum absolute atomic E-state index is 14.3. The van der Waals surface area contributed by atoms with Crippen LogP contribution in [0.2, 0.25) is 0 Å². The van der Waals surface area contributed by atoms with Crippen molar-refractivity contribution in [3.63, 3.8) is 0 Å². The van der Waals surface area contributed by atoms with Gasteiger partial charge in [0, 0.05) is 24.2 Å². The van der Waals surface area contributed by atoms with Gasteiger partial charge < -0.3 is 9.38 Å². The summed E-state index contributed by atoms with van der Waals surface area (Å²) in [6, 6.07) is 6.05. The lowest BCUT2D eigenvalue weighted by atomic mass is 9.71. The average Bonchev–Trinajstić information content (AvgIpc) is 3.31. The molecule has 8 heteroatoms. The van der Waals surface area contributed by atoms with Crippen molar-refractivity contribution in [3.8, 4) is 0 Å². The second-order valence-electron chi connectivity index (χ2n) is 9.34. The van der Waals surface area contributed by atoms with Crippen LogP contribution in [0.3, 0.4) is 0 Å². The predicted octanol–water partition coefficient (Wildman–Crippen LogP) is 4.27. The molecule has 0 unspecified atom stereocenters. The number of nitrogens with one attached hydrogen (secondary N) is 1. The van der Waals surface area contributed by atoms with Crippen molar-refractivity contribution in [2.45, 2.75) is 69.0 Å². The molecule has 6 rings (SSSR count). The number of aromatic amines is 1. The summed E-state index contributed by atoms with van der Waals surface area (Å²) in [6.45, 7) is 1.67. The van der Waals surface area contributed by atoms with Gasteiger partial charge in [-0.2, -0.15) is 5.10 Å². The fraction of sp³-hybridized carbons (Fsp3) is 0.478. The molecule has 2 aliphatic carbocycles. The molecule has 0 aliphatic heterocycles. The lowest BCUT2D eigenvalue weighted by Gasteiger charge is -2.34. The zero-order valence-corrected chi connectivity index (χ0v) is 17.5. The summed E-state index contributed by atoms with van der Waals surface area (Å²) in [5.74, 6) is 1.07. The number of rotatable bonds is 3. The van der Waals surface area contributed by atoms with Crippen LogP contribution in [0.5, 0.6) is 0 Å². The van der Waals surface area contributed by atoms with E-state index in [1.807, 2.05) is 33.5 Å². The molecule has 2 aliphatic rings. The van der Waals surface area contributed by atoms with Gasteiger partial charge in [0.05, 0.1) is 17.9 Å². The normalized spacial score (nSPS) is 28.8. The van der Waals surface area contributed by atoms with Gasteiger partial charge in [-0.05, 0) is 57.6 Å². The minimum absolute atomic E-state index is 0.0825. The van der Waals surface area contributed by atoms with Crippen LogP contribution in [0.1, 0.15) is 74.8 Å². The third-order valence-electron chi connectivity index (χ3n) is 7.21. The lowest BCUT2D eigenvalue weighted by Crippen LogP contribution is -2.29. The zero-order valence-electron chi connectivity index (χ0n) is 17.5. The third-order valence-corrected chi connectivity index (χ3v) is 7.21. The van der Waals surface area contributed by atoms with Gasteiger partial charge in [0.25, 0.3) is 5.56 Å². The first-order chi connectivity index (χ1) is 15.0. The van der Waals surface area contributed by atoms with E-state index in [9.17, 15) is 9.18 Å². The van der Waals surface area contributed by atoms with Crippen LogP contribution in [0.4, 0.5) is 4.39 Å². The molecule has 2 atom stereocenters. The van der Waals surface area contributed by atoms with Crippen molar-refractivity contribution in [1.82, 2.24) is 29.1 Å². The summed E-state index contributed by atoms with van der Waals surface area (Å²) < 4.78 is 18.1. The van der Waals surface area contributed by atoms with Crippen LogP contribution in [-0.4, -0.2) is 34.8 Å². The SMILES string of the molecule is CC1(F)CCC(n2ncc3c(=O)[nH]c([C@H]4CC[C@H]4c4cn5ccccc5n4)nc32)CC1. The Bertz CT molecular complexity index is 1290. The van der Waals surface area contributed by atoms with Gasteiger partial charge >= 0.3 is 0 Å². The minimum Gasteiger partial charge on any atom is -0.310 e. The van der Waals surface area contributed by atoms with Gasteiger partial charge in [-0.1, -0.05) is 6.07 Å². The maximum atomic E-state index is 14.3. The summed E-state index contributed by atoms with van der Waals surface area (Å²) in [6.07, 6.45) is 10.1. The summed E-state index contributed by atoms with van der Waals surface area (Å²) in [4.78, 5) is 25.5. The average molecular weight is 420 g/mol. The number of H-pyrrole nitrogens is 1. The molecule has 0 bridgehead atoms. The Balaban J connectivity index is 1.35. The Hall–Kier alpha value is -3.03. The molecule has 4 aromatic heterocycles. The molecule has 2 saturated carbocycles. The Morgan fingerprint density at radius 3 is 2.68 bits per heavy atom. The van der Waals surface area contributed by atoms with Crippen LogP contribution >= 0.6 is 0 Å². The Kier molecular flexibility index (Phi) is 4.07. The van der Waals surface area contributed by atoms with E-state index in [4.69, 9.17) is 9.97 Å². The molecule has 4 heterocycles. The first-order valence-corrected chi connectivity index (χ1v) is 11.1. The van der Waals surface area contributed by atoms with Crippen molar-refractivity contribution in [2.24, 2.45) is 0 Å². The molecule has 0 spiro atoms. The number of alkyl halides is 1. The van der Waals surface area contributed by atoms with Crippen molar-refractivity contribution < 1.29 is 4.39 Å². The van der Waals surface area contributed by atoms with Crippen LogP contribution in [0.25, 0.3) is 16.7 Å². The number of halogens is 1. The molecular weight excluding hydrogens is 395 g/mol. The molecule has 160 valence electrons. The summed E-state index contributed by atoms with van der Waals surface area (Å²) in [5, 5.41) is 4.97. The van der Waals surface area contributed by atoms with E-state index in [1.54, 1.807) is 13.1 Å². The number of nitrogens with zero attached hydrogens (tertiary/aromatic N) is 5. The second-order valence-corrected chi connectivity index (χ2v) is 9.34. The van der Waals surface area contributed by atoms with Gasteiger partial charge in [-0.25, -0.2) is 19.0 Å². The molecule has 0 amide bonds. The molecule has 0 saturated heterocycles. The molecule has 2 fully saturated rings. The Labute approximate surface area is 178 Å². The molecule has 7 nitrogen and oxygen atoms in total. The third kappa shape index (κ3) is 3.07. The lowest BCUT2D eigenvalue weighted by molar-refractivity contribution is 0.103. The van der Waals surface area contributed by atoms with E-state index in [0.717, 1.165) is 24.2 Å². The van der Waals surface area contributed by atoms with Crippen LogP contribution in [0, 0.1) is 0 Å². The standard InChI is InChI=1S/C23H25FN6O/c1-23(24)9-7-14(8-10-23)30-21-17(12-25-30)22(31)28-20(27-21)16-6-5-15(16)18-13-29-11-3-2-4-19(29)26-18/h2-4,11-16H,5-10H2,1H3,(H,27,28,31)/t14?,15-,16+,23?/m1/s1. The zero-order chi connectivity index (χ0) is 21.2. The molecular formula is C23H25FN6O. The topological polar surface area (TPSA) is 80.9 Å². The van der Waals surface area contributed by atoms with Crippen molar-refractivity contribution in [1.29, 1.82) is 0 Å².